The van der Waals surface area contributed by atoms with Crippen LogP contribution in [0.1, 0.15) is 48.8 Å². The van der Waals surface area contributed by atoms with Crippen LogP contribution in [0.2, 0.25) is 0 Å². The van der Waals surface area contributed by atoms with Gasteiger partial charge >= 0.3 is 6.03 Å². The maximum atomic E-state index is 12.3. The van der Waals surface area contributed by atoms with Crippen LogP contribution in [-0.4, -0.2) is 23.6 Å². The summed E-state index contributed by atoms with van der Waals surface area (Å²) in [5.74, 6) is 0. The molecule has 0 spiro atoms. The highest BCUT2D eigenvalue weighted by atomic mass is 16.2. The van der Waals surface area contributed by atoms with E-state index in [1.165, 1.54) is 19.3 Å². The fourth-order valence-electron chi connectivity index (χ4n) is 3.70. The molecule has 0 radical (unpaired) electrons. The highest BCUT2D eigenvalue weighted by Crippen LogP contribution is 2.19. The third kappa shape index (κ3) is 4.41. The maximum absolute atomic E-state index is 12.3. The number of urea groups is 1. The second-order valence-electron chi connectivity index (χ2n) is 7.15. The summed E-state index contributed by atoms with van der Waals surface area (Å²) in [6, 6.07) is 6.22. The Morgan fingerprint density at radius 2 is 1.92 bits per heavy atom. The number of H-pyrrole nitrogens is 1. The van der Waals surface area contributed by atoms with Crippen LogP contribution in [0.15, 0.2) is 23.0 Å². The molecule has 1 aliphatic rings. The van der Waals surface area contributed by atoms with Gasteiger partial charge in [-0.3, -0.25) is 4.79 Å². The van der Waals surface area contributed by atoms with Crippen LogP contribution >= 0.6 is 0 Å². The molecule has 0 atom stereocenters. The number of amides is 2. The lowest BCUT2D eigenvalue weighted by atomic mass is 9.96. The highest BCUT2D eigenvalue weighted by molar-refractivity contribution is 5.83. The van der Waals surface area contributed by atoms with Crippen molar-refractivity contribution in [3.63, 3.8) is 0 Å². The molecule has 1 saturated carbocycles. The molecule has 2 amide bonds. The summed E-state index contributed by atoms with van der Waals surface area (Å²) in [6.07, 6.45) is 6.31. The van der Waals surface area contributed by atoms with E-state index in [0.29, 0.717) is 24.6 Å². The Hall–Kier alpha value is -2.30. The third-order valence-corrected chi connectivity index (χ3v) is 5.01. The van der Waals surface area contributed by atoms with Gasteiger partial charge in [-0.25, -0.2) is 4.79 Å². The van der Waals surface area contributed by atoms with Crippen molar-refractivity contribution in [2.24, 2.45) is 0 Å². The zero-order chi connectivity index (χ0) is 17.8. The number of carbonyl (C=O) groups is 1. The van der Waals surface area contributed by atoms with Crippen LogP contribution < -0.4 is 16.2 Å². The number of hydrogen-bond acceptors (Lipinski definition) is 2. The van der Waals surface area contributed by atoms with Gasteiger partial charge in [-0.05, 0) is 56.4 Å². The van der Waals surface area contributed by atoms with Crippen molar-refractivity contribution in [2.75, 3.05) is 6.54 Å². The van der Waals surface area contributed by atoms with E-state index in [1.807, 2.05) is 26.0 Å². The molecule has 0 saturated heterocycles. The summed E-state index contributed by atoms with van der Waals surface area (Å²) in [6.45, 7) is 4.53. The molecule has 1 fully saturated rings. The molecule has 1 aromatic heterocycles. The molecule has 5 heteroatoms. The normalized spacial score (nSPS) is 15.3. The van der Waals surface area contributed by atoms with Gasteiger partial charge in [-0.2, -0.15) is 0 Å². The molecular formula is C20H27N3O2. The average Bonchev–Trinajstić information content (AvgIpc) is 2.56. The summed E-state index contributed by atoms with van der Waals surface area (Å²) in [5, 5.41) is 6.97. The second-order valence-corrected chi connectivity index (χ2v) is 7.15. The second kappa shape index (κ2) is 7.72. The predicted molar refractivity (Wildman–Crippen MR) is 101 cm³/mol. The molecule has 3 N–H and O–H groups in total. The molecule has 0 aliphatic heterocycles. The number of aromatic amines is 1. The number of carbonyl (C=O) groups excluding carboxylic acids is 1. The van der Waals surface area contributed by atoms with E-state index in [1.54, 1.807) is 0 Å². The Balaban J connectivity index is 1.60. The van der Waals surface area contributed by atoms with Crippen molar-refractivity contribution in [2.45, 2.75) is 58.4 Å². The maximum Gasteiger partial charge on any atom is 0.315 e. The van der Waals surface area contributed by atoms with Crippen molar-refractivity contribution < 1.29 is 4.79 Å². The minimum absolute atomic E-state index is 0.0769. The molecule has 1 aliphatic carbocycles. The molecule has 1 aromatic carbocycles. The molecule has 2 aromatic rings. The number of pyridine rings is 1. The molecule has 25 heavy (non-hydrogen) atoms. The van der Waals surface area contributed by atoms with Crippen molar-refractivity contribution in [3.8, 4) is 0 Å². The molecule has 0 unspecified atom stereocenters. The molecule has 134 valence electrons. The Bertz CT molecular complexity index is 820. The quantitative estimate of drug-likeness (QED) is 0.798. The predicted octanol–water partition coefficient (Wildman–Crippen LogP) is 3.32. The first-order chi connectivity index (χ1) is 12.0. The van der Waals surface area contributed by atoms with E-state index < -0.39 is 0 Å². The molecule has 5 nitrogen and oxygen atoms in total. The lowest BCUT2D eigenvalue weighted by molar-refractivity contribution is 0.233. The Labute approximate surface area is 148 Å². The zero-order valence-electron chi connectivity index (χ0n) is 15.1. The Morgan fingerprint density at radius 1 is 1.16 bits per heavy atom. The first-order valence-electron chi connectivity index (χ1n) is 9.20. The third-order valence-electron chi connectivity index (χ3n) is 5.01. The molecule has 0 bridgehead atoms. The van der Waals surface area contributed by atoms with Gasteiger partial charge in [0.05, 0.1) is 0 Å². The fourth-order valence-corrected chi connectivity index (χ4v) is 3.70. The average molecular weight is 341 g/mol. The van der Waals surface area contributed by atoms with Gasteiger partial charge in [-0.1, -0.05) is 25.3 Å². The smallest absolute Gasteiger partial charge is 0.315 e. The van der Waals surface area contributed by atoms with Gasteiger partial charge in [0, 0.05) is 29.1 Å². The number of fused-ring (bicyclic) bond motifs is 1. The lowest BCUT2D eigenvalue weighted by Crippen LogP contribution is -2.43. The molecule has 3 rings (SSSR count). The lowest BCUT2D eigenvalue weighted by Gasteiger charge is -2.22. The topological polar surface area (TPSA) is 74.0 Å². The molecular weight excluding hydrogens is 314 g/mol. The number of rotatable bonds is 4. The number of aryl methyl sites for hydroxylation is 2. The van der Waals surface area contributed by atoms with Gasteiger partial charge < -0.3 is 15.6 Å². The number of benzene rings is 1. The summed E-state index contributed by atoms with van der Waals surface area (Å²) in [5.41, 5.74) is 3.78. The van der Waals surface area contributed by atoms with Crippen LogP contribution in [-0.2, 0) is 6.42 Å². The van der Waals surface area contributed by atoms with Crippen LogP contribution in [0.4, 0.5) is 4.79 Å². The van der Waals surface area contributed by atoms with Crippen molar-refractivity contribution in [1.29, 1.82) is 0 Å². The Kier molecular flexibility index (Phi) is 5.41. The zero-order valence-corrected chi connectivity index (χ0v) is 15.1. The largest absolute Gasteiger partial charge is 0.338 e. The molecule has 1 heterocycles. The Morgan fingerprint density at radius 3 is 2.68 bits per heavy atom. The van der Waals surface area contributed by atoms with Gasteiger partial charge in [0.25, 0.3) is 5.56 Å². The van der Waals surface area contributed by atoms with Crippen LogP contribution in [0.5, 0.6) is 0 Å². The highest BCUT2D eigenvalue weighted by Gasteiger charge is 2.15. The summed E-state index contributed by atoms with van der Waals surface area (Å²) in [4.78, 5) is 27.2. The van der Waals surface area contributed by atoms with Crippen LogP contribution in [0, 0.1) is 13.8 Å². The monoisotopic (exact) mass is 341 g/mol. The van der Waals surface area contributed by atoms with E-state index in [4.69, 9.17) is 0 Å². The van der Waals surface area contributed by atoms with Crippen molar-refractivity contribution in [1.82, 2.24) is 15.6 Å². The summed E-state index contributed by atoms with van der Waals surface area (Å²) >= 11 is 0. The van der Waals surface area contributed by atoms with E-state index >= 15 is 0 Å². The first kappa shape index (κ1) is 17.5. The summed E-state index contributed by atoms with van der Waals surface area (Å²) in [7, 11) is 0. The van der Waals surface area contributed by atoms with Crippen molar-refractivity contribution >= 4 is 16.9 Å². The first-order valence-corrected chi connectivity index (χ1v) is 9.20. The SMILES string of the molecule is Cc1cc(C)c2cc(CCNC(=O)NC3CCCCC3)c(=O)[nH]c2c1. The van der Waals surface area contributed by atoms with E-state index in [9.17, 15) is 9.59 Å². The van der Waals surface area contributed by atoms with Gasteiger partial charge in [0.2, 0.25) is 0 Å². The minimum Gasteiger partial charge on any atom is -0.338 e. The number of nitrogens with one attached hydrogen (secondary N) is 3. The van der Waals surface area contributed by atoms with Crippen LogP contribution in [0.3, 0.4) is 0 Å². The van der Waals surface area contributed by atoms with Crippen molar-refractivity contribution in [3.05, 3.63) is 45.2 Å². The summed E-state index contributed by atoms with van der Waals surface area (Å²) < 4.78 is 0. The van der Waals surface area contributed by atoms with E-state index in [2.05, 4.69) is 21.7 Å². The fraction of sp³-hybridized carbons (Fsp3) is 0.500. The van der Waals surface area contributed by atoms with Crippen LogP contribution in [0.25, 0.3) is 10.9 Å². The minimum atomic E-state index is -0.129. The van der Waals surface area contributed by atoms with E-state index in [0.717, 1.165) is 34.9 Å². The number of hydrogen-bond donors (Lipinski definition) is 3. The van der Waals surface area contributed by atoms with Gasteiger partial charge in [0.15, 0.2) is 0 Å². The van der Waals surface area contributed by atoms with E-state index in [-0.39, 0.29) is 11.6 Å². The standard InChI is InChI=1S/C20H27N3O2/c1-13-10-14(2)17-12-15(19(24)23-18(17)11-13)8-9-21-20(25)22-16-6-4-3-5-7-16/h10-12,16H,3-9H2,1-2H3,(H,23,24)(H2,21,22,25). The van der Waals surface area contributed by atoms with Gasteiger partial charge in [-0.15, -0.1) is 0 Å². The number of aromatic nitrogens is 1. The van der Waals surface area contributed by atoms with Gasteiger partial charge in [0.1, 0.15) is 0 Å².